The van der Waals surface area contributed by atoms with E-state index in [1.54, 1.807) is 19.2 Å². The van der Waals surface area contributed by atoms with Crippen LogP contribution in [-0.4, -0.2) is 41.3 Å². The Morgan fingerprint density at radius 2 is 1.78 bits per heavy atom. The summed E-state index contributed by atoms with van der Waals surface area (Å²) in [7, 11) is 1.62. The minimum atomic E-state index is -0.301. The Bertz CT molecular complexity index is 1200. The maximum atomic E-state index is 12.5. The third-order valence-corrected chi connectivity index (χ3v) is 6.20. The molecule has 2 aromatic carbocycles. The Kier molecular flexibility index (Phi) is 6.05. The van der Waals surface area contributed by atoms with Gasteiger partial charge in [0.2, 0.25) is 5.91 Å². The largest absolute Gasteiger partial charge is 0.497 e. The highest BCUT2D eigenvalue weighted by Gasteiger charge is 2.35. The highest BCUT2D eigenvalue weighted by atomic mass is 32.1. The molecule has 0 aliphatic carbocycles. The number of carbonyl (C=O) groups is 3. The molecule has 3 aromatic rings. The molecular weight excluding hydrogens is 426 g/mol. The van der Waals surface area contributed by atoms with E-state index in [-0.39, 0.29) is 30.7 Å². The molecule has 2 heterocycles. The Morgan fingerprint density at radius 1 is 1.06 bits per heavy atom. The van der Waals surface area contributed by atoms with Crippen molar-refractivity contribution < 1.29 is 19.1 Å². The minimum Gasteiger partial charge on any atom is -0.497 e. The zero-order chi connectivity index (χ0) is 22.8. The molecule has 4 rings (SSSR count). The fraction of sp³-hybridized carbons (Fsp3) is 0.250. The second kappa shape index (κ2) is 8.92. The lowest BCUT2D eigenvalue weighted by molar-refractivity contribution is -0.116. The second-order valence-electron chi connectivity index (χ2n) is 7.62. The lowest BCUT2D eigenvalue weighted by Crippen LogP contribution is -2.31. The number of fused-ring (bicyclic) bond motifs is 1. The Hall–Kier alpha value is -3.52. The molecule has 1 N–H and O–H groups in total. The third-order valence-electron chi connectivity index (χ3n) is 5.32. The molecule has 0 spiro atoms. The normalized spacial score (nSPS) is 12.8. The molecule has 0 radical (unpaired) electrons. The fourth-order valence-electron chi connectivity index (χ4n) is 3.65. The van der Waals surface area contributed by atoms with Crippen LogP contribution in [0.3, 0.4) is 0 Å². The number of amides is 3. The lowest BCUT2D eigenvalue weighted by atomic mass is 10.1. The van der Waals surface area contributed by atoms with Crippen LogP contribution < -0.4 is 10.1 Å². The summed E-state index contributed by atoms with van der Waals surface area (Å²) in [6.07, 6.45) is 0.564. The first-order chi connectivity index (χ1) is 15.4. The van der Waals surface area contributed by atoms with Gasteiger partial charge in [0.05, 0.1) is 23.9 Å². The summed E-state index contributed by atoms with van der Waals surface area (Å²) in [6, 6.07) is 12.8. The maximum Gasteiger partial charge on any atom is 0.261 e. The first-order valence-corrected chi connectivity index (χ1v) is 11.1. The van der Waals surface area contributed by atoms with E-state index in [4.69, 9.17) is 4.74 Å². The van der Waals surface area contributed by atoms with E-state index in [9.17, 15) is 14.4 Å². The van der Waals surface area contributed by atoms with Crippen LogP contribution in [0.25, 0.3) is 11.3 Å². The summed E-state index contributed by atoms with van der Waals surface area (Å²) < 4.78 is 5.18. The molecule has 0 atom stereocenters. The van der Waals surface area contributed by atoms with E-state index in [1.165, 1.54) is 16.2 Å². The van der Waals surface area contributed by atoms with Gasteiger partial charge in [0.25, 0.3) is 11.8 Å². The molecular formula is C24H23N3O4S. The number of methoxy groups -OCH3 is 1. The van der Waals surface area contributed by atoms with Crippen molar-refractivity contribution in [3.8, 4) is 17.0 Å². The molecule has 32 heavy (non-hydrogen) atoms. The number of hydrogen-bond acceptors (Lipinski definition) is 6. The van der Waals surface area contributed by atoms with Crippen LogP contribution in [0, 0.1) is 13.8 Å². The summed E-state index contributed by atoms with van der Waals surface area (Å²) >= 11 is 1.41. The molecule has 1 aliphatic heterocycles. The van der Waals surface area contributed by atoms with Gasteiger partial charge in [-0.15, -0.1) is 11.3 Å². The summed E-state index contributed by atoms with van der Waals surface area (Å²) in [5.41, 5.74) is 3.55. The van der Waals surface area contributed by atoms with Gasteiger partial charge in [0, 0.05) is 23.4 Å². The van der Waals surface area contributed by atoms with Crippen molar-refractivity contribution in [1.29, 1.82) is 0 Å². The number of ether oxygens (including phenoxy) is 1. The van der Waals surface area contributed by atoms with Crippen molar-refractivity contribution in [3.05, 3.63) is 64.0 Å². The van der Waals surface area contributed by atoms with E-state index in [0.717, 1.165) is 27.4 Å². The number of rotatable bonds is 7. The zero-order valence-corrected chi connectivity index (χ0v) is 18.9. The van der Waals surface area contributed by atoms with E-state index >= 15 is 0 Å². The molecule has 0 fully saturated rings. The molecule has 1 aliphatic rings. The van der Waals surface area contributed by atoms with Crippen LogP contribution in [0.5, 0.6) is 5.75 Å². The van der Waals surface area contributed by atoms with Crippen molar-refractivity contribution in [2.75, 3.05) is 19.0 Å². The first-order valence-electron chi connectivity index (χ1n) is 10.3. The molecule has 0 saturated heterocycles. The van der Waals surface area contributed by atoms with Gasteiger partial charge in [0.1, 0.15) is 5.75 Å². The van der Waals surface area contributed by atoms with Gasteiger partial charge in [-0.1, -0.05) is 11.6 Å². The number of imide groups is 1. The predicted octanol–water partition coefficient (Wildman–Crippen LogP) is 4.45. The van der Waals surface area contributed by atoms with Gasteiger partial charge < -0.3 is 10.1 Å². The van der Waals surface area contributed by atoms with Crippen molar-refractivity contribution in [1.82, 2.24) is 9.88 Å². The maximum absolute atomic E-state index is 12.5. The van der Waals surface area contributed by atoms with Gasteiger partial charge in [-0.05, 0) is 56.7 Å². The van der Waals surface area contributed by atoms with E-state index in [0.29, 0.717) is 22.7 Å². The minimum absolute atomic E-state index is 0.183. The highest BCUT2D eigenvalue weighted by molar-refractivity contribution is 7.16. The van der Waals surface area contributed by atoms with Crippen LogP contribution >= 0.6 is 11.3 Å². The van der Waals surface area contributed by atoms with Crippen LogP contribution in [0.15, 0.2) is 42.5 Å². The molecule has 7 nitrogen and oxygen atoms in total. The van der Waals surface area contributed by atoms with Crippen molar-refractivity contribution >= 4 is 34.2 Å². The predicted molar refractivity (Wildman–Crippen MR) is 123 cm³/mol. The fourth-order valence-corrected chi connectivity index (χ4v) is 4.51. The molecule has 8 heteroatoms. The quantitative estimate of drug-likeness (QED) is 0.539. The number of anilines is 1. The number of thiazole rings is 1. The van der Waals surface area contributed by atoms with Crippen LogP contribution in [0.1, 0.15) is 44.0 Å². The number of nitrogens with zero attached hydrogens (tertiary/aromatic N) is 2. The van der Waals surface area contributed by atoms with E-state index in [1.807, 2.05) is 44.2 Å². The summed E-state index contributed by atoms with van der Waals surface area (Å²) in [5.74, 6) is -0.0327. The van der Waals surface area contributed by atoms with Crippen LogP contribution in [-0.2, 0) is 4.79 Å². The first kappa shape index (κ1) is 21.7. The third kappa shape index (κ3) is 4.27. The number of aryl methyl sites for hydroxylation is 2. The lowest BCUT2D eigenvalue weighted by Gasteiger charge is -2.13. The average molecular weight is 450 g/mol. The van der Waals surface area contributed by atoms with Gasteiger partial charge in [-0.3, -0.25) is 19.3 Å². The highest BCUT2D eigenvalue weighted by Crippen LogP contribution is 2.31. The van der Waals surface area contributed by atoms with Crippen molar-refractivity contribution in [2.24, 2.45) is 0 Å². The Morgan fingerprint density at radius 3 is 2.50 bits per heavy atom. The Labute approximate surface area is 190 Å². The number of nitrogens with one attached hydrogen (secondary N) is 1. The summed E-state index contributed by atoms with van der Waals surface area (Å²) in [5, 5.41) is 3.35. The standard InChI is InChI=1S/C24H23N3O4S/c1-14-6-11-18-19(13-14)23(30)27(22(18)29)12-4-5-20(28)25-24-26-21(15(2)32-24)16-7-9-17(31-3)10-8-16/h6-11,13H,4-5,12H2,1-3H3,(H,25,26,28). The van der Waals surface area contributed by atoms with Crippen molar-refractivity contribution in [2.45, 2.75) is 26.7 Å². The van der Waals surface area contributed by atoms with Gasteiger partial charge in [-0.2, -0.15) is 0 Å². The summed E-state index contributed by atoms with van der Waals surface area (Å²) in [6.45, 7) is 4.04. The van der Waals surface area contributed by atoms with Crippen LogP contribution in [0.4, 0.5) is 5.13 Å². The van der Waals surface area contributed by atoms with E-state index in [2.05, 4.69) is 10.3 Å². The number of hydrogen-bond donors (Lipinski definition) is 1. The van der Waals surface area contributed by atoms with Crippen molar-refractivity contribution in [3.63, 3.8) is 0 Å². The van der Waals surface area contributed by atoms with Gasteiger partial charge in [-0.25, -0.2) is 4.98 Å². The number of carbonyl (C=O) groups excluding carboxylic acids is 3. The smallest absolute Gasteiger partial charge is 0.261 e. The topological polar surface area (TPSA) is 88.6 Å². The number of benzene rings is 2. The Balaban J connectivity index is 1.33. The van der Waals surface area contributed by atoms with E-state index < -0.39 is 0 Å². The molecule has 1 aromatic heterocycles. The molecule has 164 valence electrons. The summed E-state index contributed by atoms with van der Waals surface area (Å²) in [4.78, 5) is 44.2. The number of aromatic nitrogens is 1. The molecule has 0 bridgehead atoms. The molecule has 3 amide bonds. The van der Waals surface area contributed by atoms with Gasteiger partial charge in [0.15, 0.2) is 5.13 Å². The molecule has 0 saturated carbocycles. The van der Waals surface area contributed by atoms with Crippen LogP contribution in [0.2, 0.25) is 0 Å². The monoisotopic (exact) mass is 449 g/mol. The SMILES string of the molecule is COc1ccc(-c2nc(NC(=O)CCCN3C(=O)c4ccc(C)cc4C3=O)sc2C)cc1. The second-order valence-corrected chi connectivity index (χ2v) is 8.82. The molecule has 0 unspecified atom stereocenters. The van der Waals surface area contributed by atoms with Gasteiger partial charge >= 0.3 is 0 Å². The zero-order valence-electron chi connectivity index (χ0n) is 18.1. The average Bonchev–Trinajstić information content (AvgIpc) is 3.25.